The molecule has 0 aromatic carbocycles. The molecule has 178 valence electrons. The highest BCUT2D eigenvalue weighted by Gasteiger charge is 2.55. The lowest BCUT2D eigenvalue weighted by Crippen LogP contribution is -2.59. The minimum atomic E-state index is -0.365. The molecule has 3 amide bonds. The van der Waals surface area contributed by atoms with Crippen molar-refractivity contribution >= 4 is 17.7 Å². The second kappa shape index (κ2) is 8.02. The number of rotatable bonds is 2. The van der Waals surface area contributed by atoms with Crippen molar-refractivity contribution < 1.29 is 14.4 Å². The van der Waals surface area contributed by atoms with Gasteiger partial charge in [-0.3, -0.25) is 14.4 Å². The summed E-state index contributed by atoms with van der Waals surface area (Å²) in [6.07, 6.45) is 8.92. The van der Waals surface area contributed by atoms with Gasteiger partial charge < -0.3 is 14.7 Å². The van der Waals surface area contributed by atoms with Gasteiger partial charge >= 0.3 is 0 Å². The smallest absolute Gasteiger partial charge is 0.228 e. The SMILES string of the molecule is CC(C)(C)C(=O)N1CCC(C(=O)N2CCN(C(=O)C34CC5CC(CC(C5)C3)C4)CC2)CC1. The van der Waals surface area contributed by atoms with Crippen molar-refractivity contribution in [3.05, 3.63) is 0 Å². The summed E-state index contributed by atoms with van der Waals surface area (Å²) >= 11 is 0. The quantitative estimate of drug-likeness (QED) is 0.659. The highest BCUT2D eigenvalue weighted by Crippen LogP contribution is 2.60. The number of carbonyl (C=O) groups is 3. The van der Waals surface area contributed by atoms with Crippen LogP contribution in [0.3, 0.4) is 0 Å². The van der Waals surface area contributed by atoms with Gasteiger partial charge in [0.05, 0.1) is 5.41 Å². The molecule has 6 heteroatoms. The number of hydrogen-bond acceptors (Lipinski definition) is 3. The van der Waals surface area contributed by atoms with Crippen LogP contribution in [0.25, 0.3) is 0 Å². The number of amides is 3. The molecule has 0 spiro atoms. The molecular weight excluding hydrogens is 402 g/mol. The monoisotopic (exact) mass is 443 g/mol. The Labute approximate surface area is 193 Å². The molecule has 2 saturated heterocycles. The van der Waals surface area contributed by atoms with Gasteiger partial charge in [0.2, 0.25) is 17.7 Å². The zero-order valence-corrected chi connectivity index (χ0v) is 20.3. The van der Waals surface area contributed by atoms with Crippen LogP contribution in [0.2, 0.25) is 0 Å². The van der Waals surface area contributed by atoms with Crippen LogP contribution in [-0.4, -0.2) is 71.7 Å². The summed E-state index contributed by atoms with van der Waals surface area (Å²) in [5, 5.41) is 0. The summed E-state index contributed by atoms with van der Waals surface area (Å²) in [6.45, 7) is 9.93. The number of carbonyl (C=O) groups excluding carboxylic acids is 3. The lowest BCUT2D eigenvalue weighted by atomic mass is 9.49. The Morgan fingerprint density at radius 1 is 0.688 bits per heavy atom. The topological polar surface area (TPSA) is 60.9 Å². The van der Waals surface area contributed by atoms with Gasteiger partial charge in [-0.05, 0) is 69.1 Å². The molecule has 4 aliphatic carbocycles. The van der Waals surface area contributed by atoms with E-state index in [2.05, 4.69) is 4.90 Å². The van der Waals surface area contributed by atoms with E-state index < -0.39 is 0 Å². The Balaban J connectivity index is 1.13. The largest absolute Gasteiger partial charge is 0.342 e. The number of hydrogen-bond donors (Lipinski definition) is 0. The second-order valence-corrected chi connectivity index (χ2v) is 12.6. The van der Waals surface area contributed by atoms with E-state index in [1.165, 1.54) is 19.3 Å². The van der Waals surface area contributed by atoms with Crippen molar-refractivity contribution in [1.82, 2.24) is 14.7 Å². The third-order valence-corrected chi connectivity index (χ3v) is 9.14. The zero-order valence-electron chi connectivity index (χ0n) is 20.3. The Kier molecular flexibility index (Phi) is 5.57. The maximum Gasteiger partial charge on any atom is 0.228 e. The fourth-order valence-corrected chi connectivity index (χ4v) is 7.90. The fraction of sp³-hybridized carbons (Fsp3) is 0.885. The van der Waals surface area contributed by atoms with E-state index in [1.54, 1.807) is 0 Å². The molecule has 4 saturated carbocycles. The molecule has 6 nitrogen and oxygen atoms in total. The highest BCUT2D eigenvalue weighted by atomic mass is 16.2. The summed E-state index contributed by atoms with van der Waals surface area (Å²) in [6, 6.07) is 0. The molecule has 0 aromatic rings. The van der Waals surface area contributed by atoms with Gasteiger partial charge in [-0.25, -0.2) is 0 Å². The van der Waals surface area contributed by atoms with Crippen LogP contribution in [0.15, 0.2) is 0 Å². The van der Waals surface area contributed by atoms with Crippen LogP contribution in [0.5, 0.6) is 0 Å². The molecule has 32 heavy (non-hydrogen) atoms. The van der Waals surface area contributed by atoms with Gasteiger partial charge in [-0.2, -0.15) is 0 Å². The maximum absolute atomic E-state index is 13.6. The Morgan fingerprint density at radius 3 is 1.62 bits per heavy atom. The Bertz CT molecular complexity index is 734. The average molecular weight is 444 g/mol. The van der Waals surface area contributed by atoms with Gasteiger partial charge in [0.25, 0.3) is 0 Å². The highest BCUT2D eigenvalue weighted by molar-refractivity contribution is 5.85. The van der Waals surface area contributed by atoms with Gasteiger partial charge in [-0.1, -0.05) is 20.8 Å². The minimum absolute atomic E-state index is 0.0180. The molecule has 0 unspecified atom stereocenters. The van der Waals surface area contributed by atoms with Gasteiger partial charge in [0, 0.05) is 50.6 Å². The third-order valence-electron chi connectivity index (χ3n) is 9.14. The second-order valence-electron chi connectivity index (χ2n) is 12.6. The van der Waals surface area contributed by atoms with Crippen molar-refractivity contribution in [2.24, 2.45) is 34.5 Å². The van der Waals surface area contributed by atoms with Crippen LogP contribution in [-0.2, 0) is 14.4 Å². The minimum Gasteiger partial charge on any atom is -0.342 e. The molecule has 2 heterocycles. The van der Waals surface area contributed by atoms with E-state index in [0.717, 1.165) is 49.9 Å². The van der Waals surface area contributed by atoms with E-state index in [9.17, 15) is 14.4 Å². The molecule has 0 aromatic heterocycles. The first-order chi connectivity index (χ1) is 15.1. The summed E-state index contributed by atoms with van der Waals surface area (Å²) in [5.74, 6) is 3.18. The van der Waals surface area contributed by atoms with Gasteiger partial charge in [-0.15, -0.1) is 0 Å². The third kappa shape index (κ3) is 3.96. The van der Waals surface area contributed by atoms with E-state index in [0.29, 0.717) is 45.2 Å². The van der Waals surface area contributed by atoms with Crippen LogP contribution < -0.4 is 0 Å². The molecule has 0 radical (unpaired) electrons. The van der Waals surface area contributed by atoms with Crippen molar-refractivity contribution in [2.45, 2.75) is 72.1 Å². The first-order valence-corrected chi connectivity index (χ1v) is 13.0. The standard InChI is InChI=1S/C26H41N3O3/c1-25(2,3)23(31)28-6-4-21(5-7-28)22(30)27-8-10-29(11-9-27)24(32)26-15-18-12-19(16-26)14-20(13-18)17-26/h18-21H,4-17H2,1-3H3. The molecule has 0 N–H and O–H groups in total. The molecule has 0 atom stereocenters. The van der Waals surface area contributed by atoms with Crippen molar-refractivity contribution in [1.29, 1.82) is 0 Å². The van der Waals surface area contributed by atoms with Crippen LogP contribution in [0.1, 0.15) is 72.1 Å². The summed E-state index contributed by atoms with van der Waals surface area (Å²) in [7, 11) is 0. The molecule has 2 aliphatic heterocycles. The molecule has 4 bridgehead atoms. The Hall–Kier alpha value is -1.59. The van der Waals surface area contributed by atoms with Crippen molar-refractivity contribution in [2.75, 3.05) is 39.3 Å². The molecule has 6 aliphatic rings. The first kappa shape index (κ1) is 22.2. The van der Waals surface area contributed by atoms with Crippen LogP contribution in [0, 0.1) is 34.5 Å². The van der Waals surface area contributed by atoms with Gasteiger partial charge in [0.1, 0.15) is 0 Å². The lowest BCUT2D eigenvalue weighted by Gasteiger charge is -2.57. The maximum atomic E-state index is 13.6. The summed E-state index contributed by atoms with van der Waals surface area (Å²) in [4.78, 5) is 45.2. The summed E-state index contributed by atoms with van der Waals surface area (Å²) < 4.78 is 0. The first-order valence-electron chi connectivity index (χ1n) is 13.0. The van der Waals surface area contributed by atoms with E-state index in [-0.39, 0.29) is 28.6 Å². The van der Waals surface area contributed by atoms with E-state index >= 15 is 0 Å². The average Bonchev–Trinajstić information content (AvgIpc) is 2.76. The normalized spacial score (nSPS) is 35.3. The lowest BCUT2D eigenvalue weighted by molar-refractivity contribution is -0.161. The van der Waals surface area contributed by atoms with E-state index in [1.807, 2.05) is 30.6 Å². The number of nitrogens with zero attached hydrogens (tertiary/aromatic N) is 3. The van der Waals surface area contributed by atoms with Crippen LogP contribution in [0.4, 0.5) is 0 Å². The molecule has 6 fully saturated rings. The van der Waals surface area contributed by atoms with Gasteiger partial charge in [0.15, 0.2) is 0 Å². The zero-order chi connectivity index (χ0) is 22.7. The molecular formula is C26H41N3O3. The van der Waals surface area contributed by atoms with Crippen LogP contribution >= 0.6 is 0 Å². The summed E-state index contributed by atoms with van der Waals surface area (Å²) in [5.41, 5.74) is -0.441. The van der Waals surface area contributed by atoms with Crippen molar-refractivity contribution in [3.8, 4) is 0 Å². The van der Waals surface area contributed by atoms with E-state index in [4.69, 9.17) is 0 Å². The Morgan fingerprint density at radius 2 is 1.16 bits per heavy atom. The fourth-order valence-electron chi connectivity index (χ4n) is 7.90. The number of piperidine rings is 1. The van der Waals surface area contributed by atoms with Crippen molar-refractivity contribution in [3.63, 3.8) is 0 Å². The number of likely N-dealkylation sites (tertiary alicyclic amines) is 1. The molecule has 6 rings (SSSR count). The number of piperazine rings is 1. The predicted molar refractivity (Wildman–Crippen MR) is 123 cm³/mol. The predicted octanol–water partition coefficient (Wildman–Crippen LogP) is 3.16.